The minimum absolute atomic E-state index is 0.133. The number of aromatic nitrogens is 1. The highest BCUT2D eigenvalue weighted by Gasteiger charge is 2.23. The van der Waals surface area contributed by atoms with E-state index in [-0.39, 0.29) is 18.2 Å². The summed E-state index contributed by atoms with van der Waals surface area (Å²) in [4.78, 5) is 33.8. The molecular weight excluding hydrogens is 408 g/mol. The summed E-state index contributed by atoms with van der Waals surface area (Å²) in [5.41, 5.74) is 2.54. The number of anilines is 1. The van der Waals surface area contributed by atoms with Crippen molar-refractivity contribution in [1.29, 1.82) is 0 Å². The van der Waals surface area contributed by atoms with Crippen LogP contribution in [0.4, 0.5) is 5.13 Å². The fourth-order valence-corrected chi connectivity index (χ4v) is 4.76. The number of thiazole rings is 1. The van der Waals surface area contributed by atoms with Gasteiger partial charge in [-0.2, -0.15) is 0 Å². The van der Waals surface area contributed by atoms with Gasteiger partial charge >= 0.3 is 0 Å². The zero-order valence-corrected chi connectivity index (χ0v) is 18.3. The Labute approximate surface area is 186 Å². The van der Waals surface area contributed by atoms with Crippen molar-refractivity contribution in [3.8, 4) is 0 Å². The molecule has 0 aliphatic carbocycles. The number of likely N-dealkylation sites (N-methyl/N-ethyl adjacent to an activating group) is 1. The number of rotatable bonds is 7. The minimum Gasteiger partial charge on any atom is -0.345 e. The van der Waals surface area contributed by atoms with Crippen molar-refractivity contribution < 1.29 is 9.59 Å². The number of fused-ring (bicyclic) bond motifs is 1. The number of carbonyl (C=O) groups excluding carboxylic acids is 2. The Morgan fingerprint density at radius 2 is 1.81 bits per heavy atom. The molecule has 160 valence electrons. The number of hydrogen-bond donors (Lipinski definition) is 2. The summed E-state index contributed by atoms with van der Waals surface area (Å²) in [7, 11) is 0. The Kier molecular flexibility index (Phi) is 6.74. The van der Waals surface area contributed by atoms with Crippen LogP contribution in [0, 0.1) is 0 Å². The van der Waals surface area contributed by atoms with Crippen LogP contribution in [0.25, 0.3) is 0 Å². The smallest absolute Gasteiger partial charge is 0.251 e. The van der Waals surface area contributed by atoms with Crippen molar-refractivity contribution in [2.75, 3.05) is 18.4 Å². The second kappa shape index (κ2) is 9.85. The third-order valence-electron chi connectivity index (χ3n) is 5.44. The lowest BCUT2D eigenvalue weighted by Crippen LogP contribution is -2.31. The van der Waals surface area contributed by atoms with E-state index in [0.717, 1.165) is 37.3 Å². The van der Waals surface area contributed by atoms with E-state index in [1.807, 2.05) is 48.5 Å². The molecule has 0 spiro atoms. The van der Waals surface area contributed by atoms with E-state index in [1.54, 1.807) is 23.5 Å². The van der Waals surface area contributed by atoms with Crippen LogP contribution in [0.1, 0.15) is 45.9 Å². The first-order valence-electron chi connectivity index (χ1n) is 10.5. The number of amides is 2. The van der Waals surface area contributed by atoms with Gasteiger partial charge in [-0.3, -0.25) is 14.5 Å². The summed E-state index contributed by atoms with van der Waals surface area (Å²) in [5.74, 6) is -0.368. The lowest BCUT2D eigenvalue weighted by molar-refractivity contribution is -0.116. The van der Waals surface area contributed by atoms with Crippen LogP contribution in [-0.4, -0.2) is 34.8 Å². The Bertz CT molecular complexity index is 1040. The number of carbonyl (C=O) groups is 2. The average molecular weight is 435 g/mol. The predicted molar refractivity (Wildman–Crippen MR) is 123 cm³/mol. The average Bonchev–Trinajstić information content (AvgIpc) is 3.20. The highest BCUT2D eigenvalue weighted by Crippen LogP contribution is 2.28. The highest BCUT2D eigenvalue weighted by molar-refractivity contribution is 7.15. The van der Waals surface area contributed by atoms with Crippen LogP contribution in [0.5, 0.6) is 0 Å². The maximum Gasteiger partial charge on any atom is 0.251 e. The van der Waals surface area contributed by atoms with Crippen LogP contribution in [0.15, 0.2) is 60.7 Å². The third-order valence-corrected chi connectivity index (χ3v) is 6.43. The van der Waals surface area contributed by atoms with Gasteiger partial charge in [0.05, 0.1) is 18.2 Å². The molecule has 1 unspecified atom stereocenters. The van der Waals surface area contributed by atoms with Gasteiger partial charge in [0.25, 0.3) is 5.91 Å². The standard InChI is InChI=1S/C24H26N4O2S/c1-2-28-14-13-19-21(16-28)31-24(26-19)27-22(29)15-20(17-9-5-3-6-10-17)25-23(30)18-11-7-4-8-12-18/h3-12,20H,2,13-16H2,1H3,(H,25,30)(H,26,27,29). The van der Waals surface area contributed by atoms with Gasteiger partial charge in [-0.05, 0) is 24.2 Å². The van der Waals surface area contributed by atoms with Gasteiger partial charge in [-0.25, -0.2) is 4.98 Å². The van der Waals surface area contributed by atoms with Crippen molar-refractivity contribution in [3.05, 3.63) is 82.4 Å². The molecule has 1 aromatic heterocycles. The minimum atomic E-state index is -0.431. The number of benzene rings is 2. The number of hydrogen-bond acceptors (Lipinski definition) is 5. The molecule has 1 atom stereocenters. The maximum atomic E-state index is 12.8. The van der Waals surface area contributed by atoms with E-state index in [9.17, 15) is 9.59 Å². The monoisotopic (exact) mass is 434 g/mol. The van der Waals surface area contributed by atoms with Gasteiger partial charge in [-0.1, -0.05) is 55.5 Å². The lowest BCUT2D eigenvalue weighted by atomic mass is 10.0. The van der Waals surface area contributed by atoms with Gasteiger partial charge in [0.15, 0.2) is 5.13 Å². The predicted octanol–water partition coefficient (Wildman–Crippen LogP) is 4.02. The zero-order chi connectivity index (χ0) is 21.6. The largest absolute Gasteiger partial charge is 0.345 e. The molecule has 7 heteroatoms. The van der Waals surface area contributed by atoms with E-state index in [0.29, 0.717) is 10.7 Å². The fraction of sp³-hybridized carbons (Fsp3) is 0.292. The molecule has 3 aromatic rings. The van der Waals surface area contributed by atoms with Crippen LogP contribution in [-0.2, 0) is 17.8 Å². The molecular formula is C24H26N4O2S. The summed E-state index contributed by atoms with van der Waals surface area (Å²) in [5, 5.41) is 6.58. The molecule has 4 rings (SSSR count). The first-order chi connectivity index (χ1) is 15.1. The molecule has 1 aliphatic rings. The molecule has 2 N–H and O–H groups in total. The van der Waals surface area contributed by atoms with Crippen molar-refractivity contribution in [2.45, 2.75) is 32.4 Å². The zero-order valence-electron chi connectivity index (χ0n) is 17.5. The van der Waals surface area contributed by atoms with E-state index in [2.05, 4.69) is 27.4 Å². The lowest BCUT2D eigenvalue weighted by Gasteiger charge is -2.23. The van der Waals surface area contributed by atoms with E-state index in [4.69, 9.17) is 0 Å². The SMILES string of the molecule is CCN1CCc2nc(NC(=O)CC(NC(=O)c3ccccc3)c3ccccc3)sc2C1. The van der Waals surface area contributed by atoms with Gasteiger partial charge in [0.2, 0.25) is 5.91 Å². The van der Waals surface area contributed by atoms with Crippen molar-refractivity contribution in [3.63, 3.8) is 0 Å². The first-order valence-corrected chi connectivity index (χ1v) is 11.4. The summed E-state index contributed by atoms with van der Waals surface area (Å²) in [6, 6.07) is 18.2. The second-order valence-electron chi connectivity index (χ2n) is 7.56. The number of nitrogens with zero attached hydrogens (tertiary/aromatic N) is 2. The molecule has 0 saturated heterocycles. The summed E-state index contributed by atoms with van der Waals surface area (Å²) >= 11 is 1.54. The fourth-order valence-electron chi connectivity index (χ4n) is 3.70. The van der Waals surface area contributed by atoms with E-state index < -0.39 is 6.04 Å². The normalized spacial score (nSPS) is 14.5. The van der Waals surface area contributed by atoms with E-state index >= 15 is 0 Å². The Morgan fingerprint density at radius 1 is 1.10 bits per heavy atom. The molecule has 31 heavy (non-hydrogen) atoms. The second-order valence-corrected chi connectivity index (χ2v) is 8.65. The summed E-state index contributed by atoms with van der Waals surface area (Å²) in [6.45, 7) is 5.06. The molecule has 0 fully saturated rings. The summed E-state index contributed by atoms with van der Waals surface area (Å²) in [6.07, 6.45) is 1.04. The van der Waals surface area contributed by atoms with Crippen molar-refractivity contribution >= 4 is 28.3 Å². The van der Waals surface area contributed by atoms with Crippen molar-refractivity contribution in [2.24, 2.45) is 0 Å². The molecule has 2 heterocycles. The third kappa shape index (κ3) is 5.37. The van der Waals surface area contributed by atoms with Crippen LogP contribution in [0.2, 0.25) is 0 Å². The number of nitrogens with one attached hydrogen (secondary N) is 2. The Balaban J connectivity index is 1.45. The molecule has 0 bridgehead atoms. The maximum absolute atomic E-state index is 12.8. The highest BCUT2D eigenvalue weighted by atomic mass is 32.1. The molecule has 1 aliphatic heterocycles. The quantitative estimate of drug-likeness (QED) is 0.589. The van der Waals surface area contributed by atoms with Gasteiger partial charge in [0.1, 0.15) is 0 Å². The Hall–Kier alpha value is -3.03. The molecule has 2 aromatic carbocycles. The molecule has 0 radical (unpaired) electrons. The molecule has 6 nitrogen and oxygen atoms in total. The van der Waals surface area contributed by atoms with Crippen molar-refractivity contribution in [1.82, 2.24) is 15.2 Å². The van der Waals surface area contributed by atoms with Crippen LogP contribution in [0.3, 0.4) is 0 Å². The van der Waals surface area contributed by atoms with E-state index in [1.165, 1.54) is 4.88 Å². The van der Waals surface area contributed by atoms with Crippen LogP contribution >= 0.6 is 11.3 Å². The van der Waals surface area contributed by atoms with Gasteiger partial charge in [0, 0.05) is 30.0 Å². The first kappa shape index (κ1) is 21.2. The molecule has 0 saturated carbocycles. The molecule has 2 amide bonds. The Morgan fingerprint density at radius 3 is 2.52 bits per heavy atom. The topological polar surface area (TPSA) is 74.3 Å². The van der Waals surface area contributed by atoms with Gasteiger partial charge < -0.3 is 10.6 Å². The summed E-state index contributed by atoms with van der Waals surface area (Å²) < 4.78 is 0. The van der Waals surface area contributed by atoms with Gasteiger partial charge in [-0.15, -0.1) is 11.3 Å². The van der Waals surface area contributed by atoms with Crippen LogP contribution < -0.4 is 10.6 Å².